The number of benzene rings is 2. The highest BCUT2D eigenvalue weighted by Gasteiger charge is 2.24. The van der Waals surface area contributed by atoms with E-state index in [2.05, 4.69) is 10.2 Å². The quantitative estimate of drug-likeness (QED) is 0.550. The van der Waals surface area contributed by atoms with Crippen LogP contribution in [0, 0.1) is 5.82 Å². The summed E-state index contributed by atoms with van der Waals surface area (Å²) in [7, 11) is 3.02. The van der Waals surface area contributed by atoms with Crippen LogP contribution >= 0.6 is 0 Å². The lowest BCUT2D eigenvalue weighted by Gasteiger charge is -2.35. The maximum Gasteiger partial charge on any atom is 0.244 e. The summed E-state index contributed by atoms with van der Waals surface area (Å²) >= 11 is 0. The summed E-state index contributed by atoms with van der Waals surface area (Å²) in [4.78, 5) is 14.8. The third-order valence-corrected chi connectivity index (χ3v) is 5.43. The number of nitrogens with one attached hydrogen (secondary N) is 1. The number of morpholine rings is 1. The van der Waals surface area contributed by atoms with Crippen molar-refractivity contribution in [3.63, 3.8) is 0 Å². The molecule has 0 aliphatic carbocycles. The van der Waals surface area contributed by atoms with Gasteiger partial charge in [0, 0.05) is 25.7 Å². The Bertz CT molecular complexity index is 960. The highest BCUT2D eigenvalue weighted by atomic mass is 19.1. The van der Waals surface area contributed by atoms with E-state index >= 15 is 0 Å². The number of methoxy groups -OCH3 is 2. The van der Waals surface area contributed by atoms with Gasteiger partial charge in [-0.3, -0.25) is 9.69 Å². The second-order valence-electron chi connectivity index (χ2n) is 7.48. The van der Waals surface area contributed by atoms with Crippen molar-refractivity contribution in [2.75, 3.05) is 53.7 Å². The number of carbonyl (C=O) groups is 1. The lowest BCUT2D eigenvalue weighted by molar-refractivity contribution is -0.116. The van der Waals surface area contributed by atoms with E-state index in [4.69, 9.17) is 18.9 Å². The zero-order valence-corrected chi connectivity index (χ0v) is 19.3. The number of hydrogen-bond acceptors (Lipinski definition) is 6. The number of hydrogen-bond donors (Lipinski definition) is 1. The number of halogens is 1. The fourth-order valence-corrected chi connectivity index (χ4v) is 3.73. The molecule has 0 saturated carbocycles. The predicted octanol–water partition coefficient (Wildman–Crippen LogP) is 3.44. The lowest BCUT2D eigenvalue weighted by atomic mass is 10.0. The average Bonchev–Trinajstić information content (AvgIpc) is 2.84. The van der Waals surface area contributed by atoms with E-state index in [0.717, 1.165) is 18.7 Å². The van der Waals surface area contributed by atoms with Crippen LogP contribution in [0.1, 0.15) is 24.1 Å². The summed E-state index contributed by atoms with van der Waals surface area (Å²) in [6.45, 7) is 5.67. The van der Waals surface area contributed by atoms with Crippen molar-refractivity contribution in [3.05, 3.63) is 59.4 Å². The molecule has 33 heavy (non-hydrogen) atoms. The van der Waals surface area contributed by atoms with Crippen LogP contribution in [0.4, 0.5) is 4.39 Å². The summed E-state index contributed by atoms with van der Waals surface area (Å²) in [5.41, 5.74) is 1.59. The van der Waals surface area contributed by atoms with Crippen LogP contribution in [0.25, 0.3) is 6.08 Å². The van der Waals surface area contributed by atoms with Gasteiger partial charge in [0.1, 0.15) is 0 Å². The Morgan fingerprint density at radius 2 is 1.85 bits per heavy atom. The van der Waals surface area contributed by atoms with Crippen LogP contribution in [0.3, 0.4) is 0 Å². The number of nitrogens with zero attached hydrogens (tertiary/aromatic N) is 1. The van der Waals surface area contributed by atoms with Gasteiger partial charge in [0.05, 0.1) is 40.1 Å². The van der Waals surface area contributed by atoms with E-state index in [-0.39, 0.29) is 17.7 Å². The van der Waals surface area contributed by atoms with Crippen LogP contribution in [0.15, 0.2) is 42.5 Å². The molecular formula is C25H31FN2O5. The topological polar surface area (TPSA) is 69.3 Å². The molecule has 1 amide bonds. The second-order valence-corrected chi connectivity index (χ2v) is 7.48. The first kappa shape index (κ1) is 24.5. The first-order valence-electron chi connectivity index (χ1n) is 11.0. The van der Waals surface area contributed by atoms with Crippen molar-refractivity contribution in [1.29, 1.82) is 0 Å². The normalized spacial score (nSPS) is 15.3. The molecule has 2 aromatic rings. The molecule has 0 aromatic heterocycles. The summed E-state index contributed by atoms with van der Waals surface area (Å²) < 4.78 is 35.4. The Hall–Kier alpha value is -3.10. The van der Waals surface area contributed by atoms with Gasteiger partial charge in [-0.2, -0.15) is 0 Å². The van der Waals surface area contributed by atoms with E-state index < -0.39 is 5.82 Å². The summed E-state index contributed by atoms with van der Waals surface area (Å²) in [6.07, 6.45) is 2.97. The lowest BCUT2D eigenvalue weighted by Crippen LogP contribution is -2.43. The number of carbonyl (C=O) groups excluding carboxylic acids is 1. The van der Waals surface area contributed by atoms with Gasteiger partial charge < -0.3 is 24.3 Å². The molecule has 2 aromatic carbocycles. The van der Waals surface area contributed by atoms with Crippen molar-refractivity contribution in [2.45, 2.75) is 13.0 Å². The number of amides is 1. The second kappa shape index (κ2) is 12.2. The molecule has 1 fully saturated rings. The molecule has 8 heteroatoms. The van der Waals surface area contributed by atoms with Gasteiger partial charge in [0.15, 0.2) is 23.1 Å². The van der Waals surface area contributed by atoms with Crippen molar-refractivity contribution in [3.8, 4) is 17.2 Å². The van der Waals surface area contributed by atoms with E-state index in [0.29, 0.717) is 43.4 Å². The number of ether oxygens (including phenoxy) is 4. The minimum absolute atomic E-state index is 0.0609. The average molecular weight is 459 g/mol. The summed E-state index contributed by atoms with van der Waals surface area (Å²) in [6, 6.07) is 10.3. The molecule has 7 nitrogen and oxygen atoms in total. The first-order chi connectivity index (χ1) is 16.0. The van der Waals surface area contributed by atoms with Gasteiger partial charge in [-0.05, 0) is 48.4 Å². The highest BCUT2D eigenvalue weighted by Crippen LogP contribution is 2.32. The first-order valence-corrected chi connectivity index (χ1v) is 11.0. The largest absolute Gasteiger partial charge is 0.494 e. The molecule has 1 aliphatic heterocycles. The molecule has 178 valence electrons. The minimum atomic E-state index is -0.475. The third-order valence-electron chi connectivity index (χ3n) is 5.43. The van der Waals surface area contributed by atoms with Gasteiger partial charge in [0.25, 0.3) is 0 Å². The monoisotopic (exact) mass is 458 g/mol. The fraction of sp³-hybridized carbons (Fsp3) is 0.400. The molecule has 1 N–H and O–H groups in total. The Morgan fingerprint density at radius 1 is 1.12 bits per heavy atom. The van der Waals surface area contributed by atoms with Gasteiger partial charge in [-0.25, -0.2) is 4.39 Å². The predicted molar refractivity (Wildman–Crippen MR) is 124 cm³/mol. The fourth-order valence-electron chi connectivity index (χ4n) is 3.73. The summed E-state index contributed by atoms with van der Waals surface area (Å²) in [5.74, 6) is 0.763. The van der Waals surface area contributed by atoms with Crippen molar-refractivity contribution in [1.82, 2.24) is 10.2 Å². The van der Waals surface area contributed by atoms with Gasteiger partial charge in [0.2, 0.25) is 5.91 Å². The molecule has 1 unspecified atom stereocenters. The zero-order chi connectivity index (χ0) is 23.6. The molecule has 3 rings (SSSR count). The maximum absolute atomic E-state index is 13.9. The van der Waals surface area contributed by atoms with Gasteiger partial charge in [-0.1, -0.05) is 12.1 Å². The molecule has 1 aliphatic rings. The van der Waals surface area contributed by atoms with Crippen LogP contribution in [0.2, 0.25) is 0 Å². The Kier molecular flexibility index (Phi) is 9.09. The van der Waals surface area contributed by atoms with Crippen LogP contribution in [0.5, 0.6) is 17.2 Å². The molecule has 0 bridgehead atoms. The molecular weight excluding hydrogens is 427 g/mol. The third kappa shape index (κ3) is 6.69. The Morgan fingerprint density at radius 3 is 2.52 bits per heavy atom. The van der Waals surface area contributed by atoms with Crippen LogP contribution in [-0.4, -0.2) is 64.5 Å². The van der Waals surface area contributed by atoms with Gasteiger partial charge >= 0.3 is 0 Å². The SMILES string of the molecule is CCOc1ccc(C(CNC(=O)/C=C/c2ccc(OC)c(F)c2)N2CCOCC2)cc1OC. The maximum atomic E-state index is 13.9. The highest BCUT2D eigenvalue weighted by molar-refractivity contribution is 5.91. The Balaban J connectivity index is 1.71. The number of rotatable bonds is 10. The summed E-state index contributed by atoms with van der Waals surface area (Å²) in [5, 5.41) is 2.96. The van der Waals surface area contributed by atoms with Crippen molar-refractivity contribution in [2.24, 2.45) is 0 Å². The molecule has 0 spiro atoms. The Labute approximate surface area is 194 Å². The zero-order valence-electron chi connectivity index (χ0n) is 19.3. The van der Waals surface area contributed by atoms with Crippen molar-refractivity contribution >= 4 is 12.0 Å². The molecule has 1 saturated heterocycles. The van der Waals surface area contributed by atoms with Crippen molar-refractivity contribution < 1.29 is 28.1 Å². The molecule has 0 radical (unpaired) electrons. The van der Waals surface area contributed by atoms with Crippen LogP contribution < -0.4 is 19.5 Å². The smallest absolute Gasteiger partial charge is 0.244 e. The van der Waals surface area contributed by atoms with E-state index in [1.165, 1.54) is 25.3 Å². The molecule has 1 heterocycles. The van der Waals surface area contributed by atoms with Gasteiger partial charge in [-0.15, -0.1) is 0 Å². The van der Waals surface area contributed by atoms with E-state index in [1.54, 1.807) is 19.3 Å². The molecule has 1 atom stereocenters. The van der Waals surface area contributed by atoms with E-state index in [1.807, 2.05) is 25.1 Å². The van der Waals surface area contributed by atoms with Crippen LogP contribution in [-0.2, 0) is 9.53 Å². The standard InChI is InChI=1S/C25H31FN2O5/c1-4-33-23-9-7-19(16-24(23)31-3)21(28-11-13-32-14-12-28)17-27-25(29)10-6-18-5-8-22(30-2)20(26)15-18/h5-10,15-16,21H,4,11-14,17H2,1-3H3,(H,27,29)/b10-6+. The van der Waals surface area contributed by atoms with E-state index in [9.17, 15) is 9.18 Å². The minimum Gasteiger partial charge on any atom is -0.494 e.